The second-order valence-corrected chi connectivity index (χ2v) is 23.9. The first-order valence-electron chi connectivity index (χ1n) is 34.4. The number of esters is 1. The van der Waals surface area contributed by atoms with Crippen molar-refractivity contribution in [2.45, 2.75) is 405 Å². The summed E-state index contributed by atoms with van der Waals surface area (Å²) in [5, 5.41) is 23.3. The average Bonchev–Trinajstić information content (AvgIpc) is 3.41. The molecule has 2 atom stereocenters. The third kappa shape index (κ3) is 61.7. The number of hydrogen-bond donors (Lipinski definition) is 3. The zero-order chi connectivity index (χ0) is 54.3. The molecule has 0 bridgehead atoms. The molecule has 1 amide bonds. The highest BCUT2D eigenvalue weighted by Crippen LogP contribution is 2.19. The summed E-state index contributed by atoms with van der Waals surface area (Å²) >= 11 is 0. The van der Waals surface area contributed by atoms with E-state index in [1.54, 1.807) is 0 Å². The van der Waals surface area contributed by atoms with Gasteiger partial charge in [0.25, 0.3) is 0 Å². The van der Waals surface area contributed by atoms with E-state index in [2.05, 4.69) is 31.3 Å². The van der Waals surface area contributed by atoms with Gasteiger partial charge in [-0.1, -0.05) is 341 Å². The number of amides is 1. The number of unbranched alkanes of at least 4 members (excludes halogenated alkanes) is 52. The van der Waals surface area contributed by atoms with Crippen LogP contribution in [0, 0.1) is 0 Å². The highest BCUT2D eigenvalue weighted by atomic mass is 16.5. The number of carbonyl (C=O) groups excluding carboxylic acids is 2. The maximum absolute atomic E-state index is 12.5. The molecule has 0 aromatic carbocycles. The zero-order valence-corrected chi connectivity index (χ0v) is 51.1. The monoisotopic (exact) mass is 1060 g/mol. The van der Waals surface area contributed by atoms with Gasteiger partial charge in [0.1, 0.15) is 0 Å². The van der Waals surface area contributed by atoms with Gasteiger partial charge in [0.15, 0.2) is 0 Å². The summed E-state index contributed by atoms with van der Waals surface area (Å²) in [5.41, 5.74) is 0. The van der Waals surface area contributed by atoms with Gasteiger partial charge in [-0.15, -0.1) is 0 Å². The van der Waals surface area contributed by atoms with Crippen molar-refractivity contribution in [3.63, 3.8) is 0 Å². The quantitative estimate of drug-likeness (QED) is 0.0320. The summed E-state index contributed by atoms with van der Waals surface area (Å²) in [5.74, 6) is -0.0157. The van der Waals surface area contributed by atoms with Gasteiger partial charge in [0.2, 0.25) is 5.91 Å². The minimum Gasteiger partial charge on any atom is -0.466 e. The van der Waals surface area contributed by atoms with Gasteiger partial charge in [-0.3, -0.25) is 9.59 Å². The topological polar surface area (TPSA) is 95.9 Å². The third-order valence-electron chi connectivity index (χ3n) is 16.3. The van der Waals surface area contributed by atoms with E-state index < -0.39 is 12.1 Å². The molecule has 0 spiro atoms. The van der Waals surface area contributed by atoms with E-state index in [1.165, 1.54) is 315 Å². The molecule has 0 saturated heterocycles. The molecule has 446 valence electrons. The Kier molecular flexibility index (Phi) is 63.9. The first kappa shape index (κ1) is 73.6. The van der Waals surface area contributed by atoms with Gasteiger partial charge in [-0.25, -0.2) is 0 Å². The van der Waals surface area contributed by atoms with E-state index in [0.29, 0.717) is 25.9 Å². The molecule has 3 N–H and O–H groups in total. The molecule has 6 nitrogen and oxygen atoms in total. The van der Waals surface area contributed by atoms with Crippen molar-refractivity contribution in [2.24, 2.45) is 0 Å². The third-order valence-corrected chi connectivity index (χ3v) is 16.3. The molecule has 6 heteroatoms. The molecule has 0 heterocycles. The van der Waals surface area contributed by atoms with Crippen LogP contribution in [0.15, 0.2) is 12.2 Å². The molecule has 0 radical (unpaired) electrons. The largest absolute Gasteiger partial charge is 0.466 e. The van der Waals surface area contributed by atoms with Crippen molar-refractivity contribution >= 4 is 11.9 Å². The van der Waals surface area contributed by atoms with Crippen LogP contribution in [0.5, 0.6) is 0 Å². The molecule has 0 rings (SSSR count). The molecule has 2 unspecified atom stereocenters. The molecule has 0 saturated carbocycles. The molecular formula is C69H135NO5. The fraction of sp³-hybridized carbons (Fsp3) is 0.942. The second-order valence-electron chi connectivity index (χ2n) is 23.9. The van der Waals surface area contributed by atoms with Crippen LogP contribution < -0.4 is 5.32 Å². The summed E-state index contributed by atoms with van der Waals surface area (Å²) in [6.07, 6.45) is 79.8. The number of aliphatic hydroxyl groups is 2. The van der Waals surface area contributed by atoms with E-state index in [1.807, 2.05) is 0 Å². The van der Waals surface area contributed by atoms with E-state index in [9.17, 15) is 19.8 Å². The van der Waals surface area contributed by atoms with Gasteiger partial charge >= 0.3 is 5.97 Å². The van der Waals surface area contributed by atoms with Crippen molar-refractivity contribution in [1.29, 1.82) is 0 Å². The SMILES string of the molecule is CCCCC/C=C\CCCCCCCC(=O)OCCCCCCCCCCCCCCCCCCCCCCCCCCCCCCCCCCCC(=O)NC(CO)C(O)CCCCCCCCCCCCCCC. The first-order chi connectivity index (χ1) is 37.0. The second kappa shape index (κ2) is 65.1. The van der Waals surface area contributed by atoms with Crippen LogP contribution in [0.2, 0.25) is 0 Å². The predicted octanol–water partition coefficient (Wildman–Crippen LogP) is 22.0. The van der Waals surface area contributed by atoms with Crippen LogP contribution in [0.25, 0.3) is 0 Å². The molecule has 0 aliphatic rings. The molecule has 0 aromatic heterocycles. The first-order valence-corrected chi connectivity index (χ1v) is 34.4. The highest BCUT2D eigenvalue weighted by molar-refractivity contribution is 5.76. The Morgan fingerprint density at radius 1 is 0.360 bits per heavy atom. The lowest BCUT2D eigenvalue weighted by molar-refractivity contribution is -0.143. The van der Waals surface area contributed by atoms with Crippen molar-refractivity contribution < 1.29 is 24.5 Å². The molecule has 75 heavy (non-hydrogen) atoms. The summed E-state index contributed by atoms with van der Waals surface area (Å²) < 4.78 is 5.48. The normalized spacial score (nSPS) is 12.5. The van der Waals surface area contributed by atoms with Gasteiger partial charge in [0.05, 0.1) is 25.4 Å². The smallest absolute Gasteiger partial charge is 0.305 e. The van der Waals surface area contributed by atoms with E-state index in [4.69, 9.17) is 4.74 Å². The van der Waals surface area contributed by atoms with Crippen LogP contribution in [-0.2, 0) is 14.3 Å². The van der Waals surface area contributed by atoms with E-state index in [-0.39, 0.29) is 18.5 Å². The standard InChI is InChI=1S/C69H135NO5/c1-3-5-7-9-11-13-15-38-41-45-49-53-57-61-67(72)66(65-71)70-68(73)62-58-54-50-46-42-39-36-34-32-30-28-26-24-22-20-18-17-19-21-23-25-27-29-31-33-35-37-40-44-48-52-56-60-64-75-69(74)63-59-55-51-47-43-16-14-12-10-8-6-4-2/h12,14,66-67,71-72H,3-11,13,15-65H2,1-2H3,(H,70,73)/b14-12-. The van der Waals surface area contributed by atoms with Gasteiger partial charge in [0, 0.05) is 12.8 Å². The number of ether oxygens (including phenoxy) is 1. The Labute approximate surface area is 469 Å². The number of allylic oxidation sites excluding steroid dienone is 2. The van der Waals surface area contributed by atoms with E-state index >= 15 is 0 Å². The number of aliphatic hydroxyl groups excluding tert-OH is 2. The molecule has 0 aromatic rings. The van der Waals surface area contributed by atoms with Gasteiger partial charge in [-0.05, 0) is 51.4 Å². The van der Waals surface area contributed by atoms with Gasteiger partial charge < -0.3 is 20.3 Å². The minimum absolute atomic E-state index is 0.0122. The Balaban J connectivity index is 3.30. The Hall–Kier alpha value is -1.40. The Morgan fingerprint density at radius 2 is 0.627 bits per heavy atom. The Morgan fingerprint density at radius 3 is 0.973 bits per heavy atom. The number of hydrogen-bond acceptors (Lipinski definition) is 5. The van der Waals surface area contributed by atoms with Crippen molar-refractivity contribution in [3.05, 3.63) is 12.2 Å². The maximum Gasteiger partial charge on any atom is 0.305 e. The zero-order valence-electron chi connectivity index (χ0n) is 51.1. The summed E-state index contributed by atoms with van der Waals surface area (Å²) in [6, 6.07) is -0.536. The molecular weight excluding hydrogens is 923 g/mol. The van der Waals surface area contributed by atoms with Crippen LogP contribution in [0.1, 0.15) is 393 Å². The summed E-state index contributed by atoms with van der Waals surface area (Å²) in [7, 11) is 0. The number of rotatable bonds is 65. The van der Waals surface area contributed by atoms with Crippen LogP contribution in [0.4, 0.5) is 0 Å². The highest BCUT2D eigenvalue weighted by Gasteiger charge is 2.20. The minimum atomic E-state index is -0.659. The molecule has 0 aliphatic carbocycles. The van der Waals surface area contributed by atoms with E-state index in [0.717, 1.165) is 44.9 Å². The maximum atomic E-state index is 12.5. The fourth-order valence-electron chi connectivity index (χ4n) is 11.1. The lowest BCUT2D eigenvalue weighted by atomic mass is 10.0. The Bertz CT molecular complexity index is 1130. The van der Waals surface area contributed by atoms with Crippen LogP contribution >= 0.6 is 0 Å². The van der Waals surface area contributed by atoms with Crippen molar-refractivity contribution in [1.82, 2.24) is 5.32 Å². The van der Waals surface area contributed by atoms with Crippen LogP contribution in [-0.4, -0.2) is 47.4 Å². The number of nitrogens with one attached hydrogen (secondary N) is 1. The van der Waals surface area contributed by atoms with Gasteiger partial charge in [-0.2, -0.15) is 0 Å². The van der Waals surface area contributed by atoms with Crippen molar-refractivity contribution in [3.8, 4) is 0 Å². The average molecular weight is 1060 g/mol. The lowest BCUT2D eigenvalue weighted by Crippen LogP contribution is -2.45. The van der Waals surface area contributed by atoms with Crippen LogP contribution in [0.3, 0.4) is 0 Å². The predicted molar refractivity (Wildman–Crippen MR) is 329 cm³/mol. The summed E-state index contributed by atoms with van der Waals surface area (Å²) in [4.78, 5) is 24.5. The fourth-order valence-corrected chi connectivity index (χ4v) is 11.1. The van der Waals surface area contributed by atoms with Crippen molar-refractivity contribution in [2.75, 3.05) is 13.2 Å². The summed E-state index contributed by atoms with van der Waals surface area (Å²) in [6.45, 7) is 4.96. The molecule has 0 aliphatic heterocycles. The lowest BCUT2D eigenvalue weighted by Gasteiger charge is -2.22. The number of carbonyl (C=O) groups is 2. The molecule has 0 fully saturated rings.